The molecule has 5 heteroatoms. The van der Waals surface area contributed by atoms with Crippen LogP contribution in [0.5, 0.6) is 0 Å². The van der Waals surface area contributed by atoms with Gasteiger partial charge >= 0.3 is 5.97 Å². The van der Waals surface area contributed by atoms with Crippen molar-refractivity contribution < 1.29 is 9.53 Å². The van der Waals surface area contributed by atoms with Crippen molar-refractivity contribution in [2.24, 2.45) is 0 Å². The quantitative estimate of drug-likeness (QED) is 0.571. The number of esters is 1. The third kappa shape index (κ3) is 4.12. The average molecular weight is 406 g/mol. The monoisotopic (exact) mass is 405 g/mol. The molecule has 0 spiro atoms. The molecule has 0 fully saturated rings. The lowest BCUT2D eigenvalue weighted by Crippen LogP contribution is -2.28. The second kappa shape index (κ2) is 8.60. The molecule has 0 amide bonds. The van der Waals surface area contributed by atoms with Gasteiger partial charge in [-0.1, -0.05) is 11.6 Å². The fraction of sp³-hybridized carbons (Fsp3) is 0.440. The van der Waals surface area contributed by atoms with E-state index in [1.807, 2.05) is 26.1 Å². The molecule has 1 unspecified atom stereocenters. The van der Waals surface area contributed by atoms with E-state index >= 15 is 0 Å². The number of aromatic nitrogens is 2. The molecule has 5 nitrogen and oxygen atoms in total. The first-order chi connectivity index (χ1) is 14.5. The van der Waals surface area contributed by atoms with Crippen molar-refractivity contribution in [3.63, 3.8) is 0 Å². The van der Waals surface area contributed by atoms with Gasteiger partial charge in [0, 0.05) is 54.0 Å². The van der Waals surface area contributed by atoms with Crippen molar-refractivity contribution in [1.29, 1.82) is 0 Å². The molecule has 3 aromatic rings. The molecule has 1 aliphatic rings. The first kappa shape index (κ1) is 20.6. The van der Waals surface area contributed by atoms with Gasteiger partial charge in [-0.25, -0.2) is 0 Å². The Morgan fingerprint density at radius 2 is 2.07 bits per heavy atom. The van der Waals surface area contributed by atoms with Gasteiger partial charge in [-0.2, -0.15) is 0 Å². The largest absolute Gasteiger partial charge is 0.466 e. The lowest BCUT2D eigenvalue weighted by molar-refractivity contribution is -0.143. The van der Waals surface area contributed by atoms with Crippen LogP contribution in [-0.2, 0) is 29.0 Å². The zero-order valence-electron chi connectivity index (χ0n) is 18.4. The first-order valence-corrected chi connectivity index (χ1v) is 10.8. The Morgan fingerprint density at radius 3 is 2.83 bits per heavy atom. The minimum absolute atomic E-state index is 0.0407. The van der Waals surface area contributed by atoms with Gasteiger partial charge in [-0.3, -0.25) is 9.78 Å². The summed E-state index contributed by atoms with van der Waals surface area (Å²) in [6.07, 6.45) is 3.27. The van der Waals surface area contributed by atoms with Crippen LogP contribution in [0.3, 0.4) is 0 Å². The Balaban J connectivity index is 1.79. The van der Waals surface area contributed by atoms with Crippen LogP contribution in [0.25, 0.3) is 10.9 Å². The van der Waals surface area contributed by atoms with Crippen molar-refractivity contribution in [2.75, 3.05) is 20.2 Å². The second-order valence-electron chi connectivity index (χ2n) is 8.48. The Kier molecular flexibility index (Phi) is 5.91. The molecule has 3 heterocycles. The number of aryl methyl sites for hydroxylation is 2. The maximum atomic E-state index is 12.4. The van der Waals surface area contributed by atoms with Gasteiger partial charge in [-0.05, 0) is 69.6 Å². The van der Waals surface area contributed by atoms with Crippen molar-refractivity contribution in [2.45, 2.75) is 52.6 Å². The summed E-state index contributed by atoms with van der Waals surface area (Å²) in [6.45, 7) is 9.19. The van der Waals surface area contributed by atoms with Crippen LogP contribution in [0.2, 0.25) is 0 Å². The third-order valence-corrected chi connectivity index (χ3v) is 6.12. The summed E-state index contributed by atoms with van der Waals surface area (Å²) in [4.78, 5) is 19.2. The lowest BCUT2D eigenvalue weighted by Gasteiger charge is -2.26. The fourth-order valence-corrected chi connectivity index (χ4v) is 4.65. The van der Waals surface area contributed by atoms with Crippen LogP contribution in [-0.4, -0.2) is 40.6 Å². The standard InChI is InChI=1S/C25H31N3O2/c1-5-30-25(29)14-20(19-8-10-26-18(3)13-19)15-28-23-7-6-17(2)12-22(23)21-9-11-27(4)16-24(21)28/h6-8,10,12-13,20H,5,9,11,14-16H2,1-4H3. The van der Waals surface area contributed by atoms with Crippen LogP contribution in [0.4, 0.5) is 0 Å². The molecule has 0 saturated heterocycles. The molecule has 2 aromatic heterocycles. The summed E-state index contributed by atoms with van der Waals surface area (Å²) in [5, 5.41) is 1.36. The van der Waals surface area contributed by atoms with Gasteiger partial charge < -0.3 is 14.2 Å². The van der Waals surface area contributed by atoms with E-state index in [0.29, 0.717) is 13.0 Å². The van der Waals surface area contributed by atoms with Crippen LogP contribution < -0.4 is 0 Å². The maximum Gasteiger partial charge on any atom is 0.306 e. The number of rotatable bonds is 6. The lowest BCUT2D eigenvalue weighted by atomic mass is 9.95. The molecule has 0 aliphatic carbocycles. The number of benzene rings is 1. The van der Waals surface area contributed by atoms with E-state index < -0.39 is 0 Å². The normalized spacial score (nSPS) is 15.2. The highest BCUT2D eigenvalue weighted by Crippen LogP contribution is 2.34. The van der Waals surface area contributed by atoms with Crippen LogP contribution in [0, 0.1) is 13.8 Å². The Bertz CT molecular complexity index is 1070. The summed E-state index contributed by atoms with van der Waals surface area (Å²) < 4.78 is 7.75. The third-order valence-electron chi connectivity index (χ3n) is 6.12. The van der Waals surface area contributed by atoms with Gasteiger partial charge in [-0.15, -0.1) is 0 Å². The van der Waals surface area contributed by atoms with E-state index in [1.54, 1.807) is 0 Å². The predicted octanol–water partition coefficient (Wildman–Crippen LogP) is 4.38. The highest BCUT2D eigenvalue weighted by molar-refractivity contribution is 5.86. The van der Waals surface area contributed by atoms with E-state index in [9.17, 15) is 4.79 Å². The number of ether oxygens (including phenoxy) is 1. The smallest absolute Gasteiger partial charge is 0.306 e. The Labute approximate surface area is 178 Å². The number of hydrogen-bond donors (Lipinski definition) is 0. The van der Waals surface area contributed by atoms with Gasteiger partial charge in [0.1, 0.15) is 0 Å². The molecule has 4 rings (SSSR count). The molecular formula is C25H31N3O2. The molecule has 0 N–H and O–H groups in total. The van der Waals surface area contributed by atoms with Crippen molar-refractivity contribution in [3.05, 3.63) is 64.6 Å². The zero-order valence-corrected chi connectivity index (χ0v) is 18.4. The van der Waals surface area contributed by atoms with E-state index in [-0.39, 0.29) is 11.9 Å². The molecule has 1 aliphatic heterocycles. The minimum atomic E-state index is -0.143. The van der Waals surface area contributed by atoms with E-state index in [4.69, 9.17) is 4.74 Å². The van der Waals surface area contributed by atoms with E-state index in [1.165, 1.54) is 27.7 Å². The summed E-state index contributed by atoms with van der Waals surface area (Å²) in [6, 6.07) is 10.9. The summed E-state index contributed by atoms with van der Waals surface area (Å²) >= 11 is 0. The number of pyridine rings is 1. The second-order valence-corrected chi connectivity index (χ2v) is 8.48. The van der Waals surface area contributed by atoms with Gasteiger partial charge in [0.25, 0.3) is 0 Å². The molecule has 1 aromatic carbocycles. The topological polar surface area (TPSA) is 47.4 Å². The number of carbonyl (C=O) groups is 1. The highest BCUT2D eigenvalue weighted by Gasteiger charge is 2.26. The summed E-state index contributed by atoms with van der Waals surface area (Å²) in [7, 11) is 2.18. The van der Waals surface area contributed by atoms with Crippen LogP contribution in [0.1, 0.15) is 47.3 Å². The zero-order chi connectivity index (χ0) is 21.3. The first-order valence-electron chi connectivity index (χ1n) is 10.8. The van der Waals surface area contributed by atoms with Gasteiger partial charge in [0.2, 0.25) is 0 Å². The van der Waals surface area contributed by atoms with Crippen molar-refractivity contribution in [1.82, 2.24) is 14.5 Å². The fourth-order valence-electron chi connectivity index (χ4n) is 4.65. The minimum Gasteiger partial charge on any atom is -0.466 e. The summed E-state index contributed by atoms with van der Waals surface area (Å²) in [5.74, 6) is -0.103. The Morgan fingerprint density at radius 1 is 1.23 bits per heavy atom. The molecule has 30 heavy (non-hydrogen) atoms. The molecule has 0 saturated carbocycles. The number of nitrogens with zero attached hydrogens (tertiary/aromatic N) is 3. The van der Waals surface area contributed by atoms with E-state index in [0.717, 1.165) is 37.3 Å². The number of likely N-dealkylation sites (N-methyl/N-ethyl adjacent to an activating group) is 1. The van der Waals surface area contributed by atoms with E-state index in [2.05, 4.69) is 52.7 Å². The van der Waals surface area contributed by atoms with Crippen molar-refractivity contribution in [3.8, 4) is 0 Å². The molecule has 0 bridgehead atoms. The molecule has 158 valence electrons. The molecular weight excluding hydrogens is 374 g/mol. The van der Waals surface area contributed by atoms with Crippen LogP contribution in [0.15, 0.2) is 36.5 Å². The van der Waals surface area contributed by atoms with Gasteiger partial charge in [0.05, 0.1) is 13.0 Å². The SMILES string of the molecule is CCOC(=O)CC(Cn1c2c(c3cc(C)ccc31)CCN(C)C2)c1ccnc(C)c1. The van der Waals surface area contributed by atoms with Crippen molar-refractivity contribution >= 4 is 16.9 Å². The predicted molar refractivity (Wildman–Crippen MR) is 120 cm³/mol. The number of carbonyl (C=O) groups excluding carboxylic acids is 1. The number of fused-ring (bicyclic) bond motifs is 3. The summed E-state index contributed by atoms with van der Waals surface area (Å²) in [5.41, 5.74) is 7.50. The highest BCUT2D eigenvalue weighted by atomic mass is 16.5. The Hall–Kier alpha value is -2.66. The average Bonchev–Trinajstić information content (AvgIpc) is 2.99. The van der Waals surface area contributed by atoms with Crippen LogP contribution >= 0.6 is 0 Å². The molecule has 0 radical (unpaired) electrons. The maximum absolute atomic E-state index is 12.4. The molecule has 1 atom stereocenters. The number of hydrogen-bond acceptors (Lipinski definition) is 4. The van der Waals surface area contributed by atoms with Gasteiger partial charge in [0.15, 0.2) is 0 Å².